The van der Waals surface area contributed by atoms with Gasteiger partial charge in [-0.25, -0.2) is 14.3 Å². The summed E-state index contributed by atoms with van der Waals surface area (Å²) in [4.78, 5) is 66.6. The minimum atomic E-state index is -0.877. The Kier molecular flexibility index (Phi) is 12.1. The highest BCUT2D eigenvalue weighted by molar-refractivity contribution is 5.99. The molecule has 14 nitrogen and oxygen atoms in total. The van der Waals surface area contributed by atoms with Crippen LogP contribution in [-0.4, -0.2) is 67.4 Å². The zero-order chi connectivity index (χ0) is 41.9. The van der Waals surface area contributed by atoms with Crippen molar-refractivity contribution in [2.24, 2.45) is 11.8 Å². The van der Waals surface area contributed by atoms with Crippen molar-refractivity contribution in [1.29, 1.82) is 0 Å². The first-order chi connectivity index (χ1) is 27.3. The van der Waals surface area contributed by atoms with E-state index in [9.17, 15) is 24.0 Å². The highest BCUT2D eigenvalue weighted by atomic mass is 16.6. The summed E-state index contributed by atoms with van der Waals surface area (Å²) in [5.74, 6) is -0.577. The molecule has 58 heavy (non-hydrogen) atoms. The molecule has 0 aliphatic heterocycles. The average molecular weight is 794 g/mol. The molecule has 0 radical (unpaired) electrons. The van der Waals surface area contributed by atoms with Crippen molar-refractivity contribution in [2.45, 2.75) is 111 Å². The number of alkyl carbamates (subject to hydrolysis) is 1. The number of hydrogen-bond donors (Lipinski definition) is 4. The van der Waals surface area contributed by atoms with Gasteiger partial charge in [0.1, 0.15) is 17.2 Å². The maximum Gasteiger partial charge on any atom is 0.434 e. The molecule has 5 aromatic rings. The fourth-order valence-corrected chi connectivity index (χ4v) is 7.34. The predicted molar refractivity (Wildman–Crippen MR) is 224 cm³/mol. The Bertz CT molecular complexity index is 2350. The van der Waals surface area contributed by atoms with Crippen LogP contribution in [0.2, 0.25) is 0 Å². The van der Waals surface area contributed by atoms with Crippen molar-refractivity contribution in [3.8, 4) is 11.1 Å². The highest BCUT2D eigenvalue weighted by Crippen LogP contribution is 2.30. The second-order valence-electron chi connectivity index (χ2n) is 17.5. The Labute approximate surface area is 338 Å². The summed E-state index contributed by atoms with van der Waals surface area (Å²) >= 11 is 0. The number of aromatic nitrogens is 4. The number of aromatic amines is 1. The largest absolute Gasteiger partial charge is 0.444 e. The quantitative estimate of drug-likeness (QED) is 0.111. The summed E-state index contributed by atoms with van der Waals surface area (Å²) in [6, 6.07) is 17.3. The third-order valence-electron chi connectivity index (χ3n) is 10.2. The summed E-state index contributed by atoms with van der Waals surface area (Å²) in [5, 5.41) is 17.2. The normalized spacial score (nSPS) is 16.6. The van der Waals surface area contributed by atoms with Crippen LogP contribution in [0.4, 0.5) is 15.3 Å². The molecule has 6 rings (SSSR count). The Balaban J connectivity index is 1.19. The van der Waals surface area contributed by atoms with E-state index >= 15 is 0 Å². The smallest absolute Gasteiger partial charge is 0.434 e. The van der Waals surface area contributed by atoms with Gasteiger partial charge < -0.3 is 25.4 Å². The zero-order valence-electron chi connectivity index (χ0n) is 34.6. The lowest BCUT2D eigenvalue weighted by Gasteiger charge is -2.29. The first kappa shape index (κ1) is 41.7. The van der Waals surface area contributed by atoms with Gasteiger partial charge in [0.15, 0.2) is 0 Å². The lowest BCUT2D eigenvalue weighted by molar-refractivity contribution is -0.130. The Hall–Kier alpha value is -5.92. The number of anilines is 1. The van der Waals surface area contributed by atoms with Crippen molar-refractivity contribution in [1.82, 2.24) is 30.2 Å². The van der Waals surface area contributed by atoms with E-state index in [1.165, 1.54) is 9.36 Å². The number of amides is 3. The molecule has 308 valence electrons. The minimum absolute atomic E-state index is 0.183. The fourth-order valence-electron chi connectivity index (χ4n) is 7.34. The zero-order valence-corrected chi connectivity index (χ0v) is 34.6. The first-order valence-electron chi connectivity index (χ1n) is 20.0. The molecule has 1 atom stereocenters. The lowest BCUT2D eigenvalue weighted by Crippen LogP contribution is -2.48. The maximum absolute atomic E-state index is 13.9. The molecule has 2 aromatic heterocycles. The molecule has 0 saturated heterocycles. The topological polar surface area (TPSA) is 178 Å². The summed E-state index contributed by atoms with van der Waals surface area (Å²) in [5.41, 5.74) is 2.60. The van der Waals surface area contributed by atoms with Crippen molar-refractivity contribution < 1.29 is 28.7 Å². The minimum Gasteiger partial charge on any atom is -0.444 e. The van der Waals surface area contributed by atoms with E-state index in [2.05, 4.69) is 26.1 Å². The van der Waals surface area contributed by atoms with Gasteiger partial charge >= 0.3 is 12.2 Å². The molecular weight excluding hydrogens is 739 g/mol. The number of benzene rings is 3. The number of fused-ring (bicyclic) bond motifs is 2. The molecule has 0 spiro atoms. The number of H-pyrrole nitrogens is 1. The average Bonchev–Trinajstić information content (AvgIpc) is 3.74. The molecule has 1 fully saturated rings. The summed E-state index contributed by atoms with van der Waals surface area (Å²) in [6.45, 7) is 15.0. The number of nitrogens with zero attached hydrogens (tertiary/aromatic N) is 3. The highest BCUT2D eigenvalue weighted by Gasteiger charge is 2.31. The second-order valence-corrected chi connectivity index (χ2v) is 17.5. The molecule has 3 amide bonds. The number of carbonyl (C=O) groups is 4. The van der Waals surface area contributed by atoms with Gasteiger partial charge in [-0.1, -0.05) is 30.3 Å². The number of nitrogens with one attached hydrogen (secondary N) is 4. The molecule has 0 bridgehead atoms. The molecule has 14 heteroatoms. The second kappa shape index (κ2) is 16.9. The first-order valence-corrected chi connectivity index (χ1v) is 20.0. The molecule has 1 saturated carbocycles. The fraction of sp³-hybridized carbons (Fsp3) is 0.455. The Morgan fingerprint density at radius 1 is 0.862 bits per heavy atom. The molecule has 3 aromatic carbocycles. The summed E-state index contributed by atoms with van der Waals surface area (Å²) in [6.07, 6.45) is 3.64. The molecular formula is C44H55N7O7. The Morgan fingerprint density at radius 3 is 2.19 bits per heavy atom. The number of hydrogen-bond acceptors (Lipinski definition) is 8. The lowest BCUT2D eigenvalue weighted by atomic mass is 9.81. The van der Waals surface area contributed by atoms with Crippen LogP contribution in [-0.2, 0) is 25.5 Å². The van der Waals surface area contributed by atoms with Gasteiger partial charge in [-0.05, 0) is 134 Å². The summed E-state index contributed by atoms with van der Waals surface area (Å²) in [7, 11) is 0. The van der Waals surface area contributed by atoms with E-state index in [0.29, 0.717) is 36.0 Å². The Morgan fingerprint density at radius 2 is 1.53 bits per heavy atom. The summed E-state index contributed by atoms with van der Waals surface area (Å²) < 4.78 is 13.8. The van der Waals surface area contributed by atoms with Crippen LogP contribution in [0.1, 0.15) is 92.7 Å². The molecule has 2 heterocycles. The van der Waals surface area contributed by atoms with Gasteiger partial charge in [-0.2, -0.15) is 9.78 Å². The number of carbonyl (C=O) groups excluding carboxylic acids is 4. The van der Waals surface area contributed by atoms with E-state index < -0.39 is 29.4 Å². The van der Waals surface area contributed by atoms with Crippen LogP contribution in [0.3, 0.4) is 0 Å². The molecule has 1 aliphatic carbocycles. The van der Waals surface area contributed by atoms with E-state index in [1.807, 2.05) is 77.1 Å². The van der Waals surface area contributed by atoms with Crippen LogP contribution in [0.25, 0.3) is 32.9 Å². The van der Waals surface area contributed by atoms with E-state index in [-0.39, 0.29) is 41.7 Å². The van der Waals surface area contributed by atoms with Crippen LogP contribution >= 0.6 is 0 Å². The van der Waals surface area contributed by atoms with Gasteiger partial charge in [0, 0.05) is 36.0 Å². The van der Waals surface area contributed by atoms with Crippen LogP contribution in [0, 0.1) is 11.8 Å². The van der Waals surface area contributed by atoms with Crippen LogP contribution in [0.5, 0.6) is 0 Å². The monoisotopic (exact) mass is 793 g/mol. The maximum atomic E-state index is 13.9. The number of ether oxygens (including phenoxy) is 2. The standard InChI is InChI=1S/C44H55N7O7/c1-26(2)50-40(54)34-20-18-31(22-37(34)51(50)42(56)58-44(6,7)8)29-13-9-27(10-14-29)21-36(39(53)47-33-19-17-32-25-46-49-35(32)23-33)48-38(52)30-15-11-28(12-16-30)24-45-41(55)57-43(3,4)5/h9-10,13-14,17-20,22-23,25-26,28,30,36H,11-12,15-16,21,24H2,1-8H3,(H,45,55)(H,46,49)(H,47,53)(H,48,52)/t28-,30-,36-/m0/s1. The molecule has 0 unspecified atom stereocenters. The van der Waals surface area contributed by atoms with Crippen molar-refractivity contribution in [2.75, 3.05) is 11.9 Å². The van der Waals surface area contributed by atoms with E-state index in [4.69, 9.17) is 9.47 Å². The molecule has 4 N–H and O–H groups in total. The van der Waals surface area contributed by atoms with Gasteiger partial charge in [0.2, 0.25) is 11.8 Å². The van der Waals surface area contributed by atoms with Gasteiger partial charge in [-0.15, -0.1) is 0 Å². The van der Waals surface area contributed by atoms with Gasteiger partial charge in [-0.3, -0.25) is 19.5 Å². The van der Waals surface area contributed by atoms with Crippen LogP contribution < -0.4 is 21.5 Å². The van der Waals surface area contributed by atoms with E-state index in [1.54, 1.807) is 45.2 Å². The predicted octanol–water partition coefficient (Wildman–Crippen LogP) is 7.71. The third kappa shape index (κ3) is 10.1. The SMILES string of the molecule is CC(C)n1c(=O)c2ccc(-c3ccc(C[C@H](NC(=O)[C@H]4CC[C@H](CNC(=O)OC(C)(C)C)CC4)C(=O)Nc4ccc5cn[nH]c5c4)cc3)cc2n1C(=O)OC(C)(C)C. The van der Waals surface area contributed by atoms with Gasteiger partial charge in [0.05, 0.1) is 22.6 Å². The van der Waals surface area contributed by atoms with Gasteiger partial charge in [0.25, 0.3) is 5.56 Å². The third-order valence-corrected chi connectivity index (χ3v) is 10.2. The van der Waals surface area contributed by atoms with E-state index in [0.717, 1.165) is 40.4 Å². The van der Waals surface area contributed by atoms with Crippen molar-refractivity contribution >= 4 is 51.5 Å². The van der Waals surface area contributed by atoms with Crippen molar-refractivity contribution in [3.05, 3.63) is 82.8 Å². The van der Waals surface area contributed by atoms with Crippen molar-refractivity contribution in [3.63, 3.8) is 0 Å². The van der Waals surface area contributed by atoms with Crippen LogP contribution in [0.15, 0.2) is 71.7 Å². The molecule has 1 aliphatic rings. The number of rotatable bonds is 10.